The van der Waals surface area contributed by atoms with Gasteiger partial charge < -0.3 is 10.1 Å². The molecule has 32 heavy (non-hydrogen) atoms. The second-order valence-corrected chi connectivity index (χ2v) is 8.17. The fourth-order valence-corrected chi connectivity index (χ4v) is 3.92. The third-order valence-corrected chi connectivity index (χ3v) is 5.78. The zero-order chi connectivity index (χ0) is 22.2. The predicted octanol–water partition coefficient (Wildman–Crippen LogP) is 4.94. The summed E-state index contributed by atoms with van der Waals surface area (Å²) in [4.78, 5) is 12.4. The minimum absolute atomic E-state index is 0.0897. The van der Waals surface area contributed by atoms with Crippen molar-refractivity contribution in [3.8, 4) is 5.75 Å². The molecule has 0 fully saturated rings. The summed E-state index contributed by atoms with van der Waals surface area (Å²) in [5, 5.41) is 12.3. The first-order valence-corrected chi connectivity index (χ1v) is 11.3. The topological polar surface area (TPSA) is 69.0 Å². The smallest absolute Gasteiger partial charge is 0.234 e. The van der Waals surface area contributed by atoms with E-state index < -0.39 is 0 Å². The molecule has 0 spiro atoms. The molecule has 7 heteroatoms. The van der Waals surface area contributed by atoms with Crippen molar-refractivity contribution in [2.45, 2.75) is 25.2 Å². The van der Waals surface area contributed by atoms with Crippen LogP contribution in [-0.4, -0.2) is 26.4 Å². The maximum absolute atomic E-state index is 12.4. The predicted molar refractivity (Wildman–Crippen MR) is 127 cm³/mol. The lowest BCUT2D eigenvalue weighted by atomic mass is 10.2. The Balaban J connectivity index is 1.48. The molecule has 0 unspecified atom stereocenters. The number of nitrogens with one attached hydrogen (secondary N) is 1. The van der Waals surface area contributed by atoms with E-state index in [9.17, 15) is 4.79 Å². The Labute approximate surface area is 191 Å². The summed E-state index contributed by atoms with van der Waals surface area (Å²) >= 11 is 1.36. The number of para-hydroxylation sites is 2. The van der Waals surface area contributed by atoms with Gasteiger partial charge in [0.1, 0.15) is 12.4 Å². The fraction of sp³-hybridized carbons (Fsp3) is 0.160. The Morgan fingerprint density at radius 2 is 1.62 bits per heavy atom. The molecule has 0 saturated carbocycles. The molecule has 4 aromatic rings. The van der Waals surface area contributed by atoms with Crippen molar-refractivity contribution in [2.75, 3.05) is 11.1 Å². The highest BCUT2D eigenvalue weighted by atomic mass is 32.2. The van der Waals surface area contributed by atoms with Gasteiger partial charge >= 0.3 is 0 Å². The van der Waals surface area contributed by atoms with E-state index in [1.165, 1.54) is 11.8 Å². The van der Waals surface area contributed by atoms with Gasteiger partial charge in [-0.1, -0.05) is 78.5 Å². The number of anilines is 1. The molecule has 4 rings (SSSR count). The number of carbonyl (C=O) groups is 1. The van der Waals surface area contributed by atoms with Crippen LogP contribution in [-0.2, 0) is 17.9 Å². The van der Waals surface area contributed by atoms with Crippen LogP contribution in [0.2, 0.25) is 0 Å². The van der Waals surface area contributed by atoms with E-state index in [4.69, 9.17) is 4.74 Å². The van der Waals surface area contributed by atoms with Gasteiger partial charge in [-0.2, -0.15) is 0 Å². The second-order valence-electron chi connectivity index (χ2n) is 7.23. The largest absolute Gasteiger partial charge is 0.485 e. The van der Waals surface area contributed by atoms with E-state index in [1.54, 1.807) is 0 Å². The SMILES string of the molecule is Cc1ccccc1OCc1nnc(SCC(=O)Nc2ccccc2)n1Cc1ccccc1. The number of hydrogen-bond donors (Lipinski definition) is 1. The maximum Gasteiger partial charge on any atom is 0.234 e. The molecule has 1 amide bonds. The first-order valence-electron chi connectivity index (χ1n) is 10.3. The molecular weight excluding hydrogens is 420 g/mol. The molecule has 0 atom stereocenters. The Morgan fingerprint density at radius 3 is 2.38 bits per heavy atom. The highest BCUT2D eigenvalue weighted by molar-refractivity contribution is 7.99. The quantitative estimate of drug-likeness (QED) is 0.370. The standard InChI is InChI=1S/C25H24N4O2S/c1-19-10-8-9-15-22(19)31-17-23-27-28-25(29(23)16-20-11-4-2-5-12-20)32-18-24(30)26-21-13-6-3-7-14-21/h2-15H,16-18H2,1H3,(H,26,30). The number of hydrogen-bond acceptors (Lipinski definition) is 5. The molecule has 1 N–H and O–H groups in total. The summed E-state index contributed by atoms with van der Waals surface area (Å²) in [6.45, 7) is 2.90. The molecule has 0 aliphatic carbocycles. The molecule has 0 aliphatic heterocycles. The first kappa shape index (κ1) is 21.6. The number of aromatic nitrogens is 3. The maximum atomic E-state index is 12.4. The van der Waals surface area contributed by atoms with Crippen LogP contribution in [0.3, 0.4) is 0 Å². The van der Waals surface area contributed by atoms with Crippen LogP contribution in [0.1, 0.15) is 17.0 Å². The molecule has 0 radical (unpaired) electrons. The summed E-state index contributed by atoms with van der Waals surface area (Å²) in [7, 11) is 0. The number of thioether (sulfide) groups is 1. The Kier molecular flexibility index (Phi) is 7.19. The Hall–Kier alpha value is -3.58. The average molecular weight is 445 g/mol. The number of aryl methyl sites for hydroxylation is 1. The number of nitrogens with zero attached hydrogens (tertiary/aromatic N) is 3. The fourth-order valence-electron chi connectivity index (χ4n) is 3.17. The van der Waals surface area contributed by atoms with Gasteiger partial charge in [-0.25, -0.2) is 0 Å². The van der Waals surface area contributed by atoms with Crippen LogP contribution in [0.4, 0.5) is 5.69 Å². The summed E-state index contributed by atoms with van der Waals surface area (Å²) < 4.78 is 8.02. The normalized spacial score (nSPS) is 10.7. The van der Waals surface area contributed by atoms with Crippen molar-refractivity contribution in [3.05, 3.63) is 102 Å². The van der Waals surface area contributed by atoms with Crippen LogP contribution in [0.5, 0.6) is 5.75 Å². The van der Waals surface area contributed by atoms with Crippen molar-refractivity contribution >= 4 is 23.4 Å². The molecule has 3 aromatic carbocycles. The Morgan fingerprint density at radius 1 is 0.938 bits per heavy atom. The van der Waals surface area contributed by atoms with Crippen molar-refractivity contribution in [1.29, 1.82) is 0 Å². The number of benzene rings is 3. The van der Waals surface area contributed by atoms with E-state index >= 15 is 0 Å². The second kappa shape index (κ2) is 10.6. The average Bonchev–Trinajstić information content (AvgIpc) is 3.20. The van der Waals surface area contributed by atoms with Gasteiger partial charge in [-0.3, -0.25) is 9.36 Å². The molecule has 0 aliphatic rings. The highest BCUT2D eigenvalue weighted by Gasteiger charge is 2.16. The van der Waals surface area contributed by atoms with Crippen LogP contribution in [0.25, 0.3) is 0 Å². The van der Waals surface area contributed by atoms with Gasteiger partial charge in [0.25, 0.3) is 0 Å². The molecule has 162 valence electrons. The summed E-state index contributed by atoms with van der Waals surface area (Å²) in [6.07, 6.45) is 0. The van der Waals surface area contributed by atoms with Crippen LogP contribution < -0.4 is 10.1 Å². The Bertz CT molecular complexity index is 1160. The number of ether oxygens (including phenoxy) is 1. The van der Waals surface area contributed by atoms with E-state index in [0.717, 1.165) is 22.6 Å². The minimum Gasteiger partial charge on any atom is -0.485 e. The summed E-state index contributed by atoms with van der Waals surface area (Å²) in [6, 6.07) is 27.4. The van der Waals surface area contributed by atoms with Gasteiger partial charge in [0.2, 0.25) is 5.91 Å². The van der Waals surface area contributed by atoms with Gasteiger partial charge in [0.15, 0.2) is 11.0 Å². The van der Waals surface area contributed by atoms with Crippen LogP contribution in [0.15, 0.2) is 90.1 Å². The van der Waals surface area contributed by atoms with E-state index in [1.807, 2.05) is 84.3 Å². The van der Waals surface area contributed by atoms with Crippen LogP contribution in [0, 0.1) is 6.92 Å². The van der Waals surface area contributed by atoms with E-state index in [0.29, 0.717) is 24.1 Å². The molecule has 0 saturated heterocycles. The third kappa shape index (κ3) is 5.76. The van der Waals surface area contributed by atoms with Gasteiger partial charge in [-0.05, 0) is 36.2 Å². The zero-order valence-electron chi connectivity index (χ0n) is 17.8. The lowest BCUT2D eigenvalue weighted by Gasteiger charge is -2.12. The molecule has 1 heterocycles. The summed E-state index contributed by atoms with van der Waals surface area (Å²) in [5.41, 5.74) is 2.96. The first-order chi connectivity index (χ1) is 15.7. The van der Waals surface area contributed by atoms with E-state index in [-0.39, 0.29) is 11.7 Å². The number of rotatable bonds is 9. The lowest BCUT2D eigenvalue weighted by molar-refractivity contribution is -0.113. The van der Waals surface area contributed by atoms with Crippen LogP contribution >= 0.6 is 11.8 Å². The molecular formula is C25H24N4O2S. The van der Waals surface area contributed by atoms with Gasteiger partial charge in [-0.15, -0.1) is 10.2 Å². The minimum atomic E-state index is -0.0897. The van der Waals surface area contributed by atoms with Crippen molar-refractivity contribution in [2.24, 2.45) is 0 Å². The number of carbonyl (C=O) groups excluding carboxylic acids is 1. The van der Waals surface area contributed by atoms with Crippen molar-refractivity contribution in [1.82, 2.24) is 14.8 Å². The zero-order valence-corrected chi connectivity index (χ0v) is 18.6. The lowest BCUT2D eigenvalue weighted by Crippen LogP contribution is -2.15. The molecule has 1 aromatic heterocycles. The number of amides is 1. The molecule has 0 bridgehead atoms. The van der Waals surface area contributed by atoms with Crippen molar-refractivity contribution in [3.63, 3.8) is 0 Å². The molecule has 6 nitrogen and oxygen atoms in total. The van der Waals surface area contributed by atoms with Gasteiger partial charge in [0, 0.05) is 5.69 Å². The summed E-state index contributed by atoms with van der Waals surface area (Å²) in [5.74, 6) is 1.68. The van der Waals surface area contributed by atoms with E-state index in [2.05, 4.69) is 27.6 Å². The monoisotopic (exact) mass is 444 g/mol. The van der Waals surface area contributed by atoms with Gasteiger partial charge in [0.05, 0.1) is 12.3 Å². The highest BCUT2D eigenvalue weighted by Crippen LogP contribution is 2.22. The van der Waals surface area contributed by atoms with Crippen molar-refractivity contribution < 1.29 is 9.53 Å². The third-order valence-electron chi connectivity index (χ3n) is 4.82.